The van der Waals surface area contributed by atoms with Crippen LogP contribution >= 0.6 is 23.2 Å². The number of piperazine rings is 1. The second kappa shape index (κ2) is 16.2. The number of benzene rings is 2. The molecule has 0 spiro atoms. The second-order valence-electron chi connectivity index (χ2n) is 10.8. The number of allylic oxidation sites excluding steroid dienone is 1. The molecule has 1 N–H and O–H groups in total. The third kappa shape index (κ3) is 8.82. The van der Waals surface area contributed by atoms with Gasteiger partial charge >= 0.3 is 18.1 Å². The SMILES string of the molecule is CCOC(=O)C1=C(COCCN2CCN(Cc3ccc(Cl)cc3)CC2)NC(CF)=C(C(=O)OC)C1c1c(F)ccc(Cl)c1C(F)(F)F. The molecule has 1 fully saturated rings. The van der Waals surface area contributed by atoms with Crippen molar-refractivity contribution in [3.05, 3.63) is 91.5 Å². The van der Waals surface area contributed by atoms with Gasteiger partial charge < -0.3 is 19.5 Å². The lowest BCUT2D eigenvalue weighted by atomic mass is 9.78. The Morgan fingerprint density at radius 2 is 1.60 bits per heavy atom. The molecular formula is C32H34Cl2F5N3O5. The molecule has 0 saturated carbocycles. The number of carbonyl (C=O) groups excluding carboxylic acids is 2. The molecule has 256 valence electrons. The van der Waals surface area contributed by atoms with Crippen molar-refractivity contribution in [2.75, 3.05) is 66.3 Å². The highest BCUT2D eigenvalue weighted by Gasteiger charge is 2.47. The summed E-state index contributed by atoms with van der Waals surface area (Å²) in [5.41, 5.74) is -3.62. The average molecular weight is 707 g/mol. The number of alkyl halides is 4. The standard InChI is InChI=1S/C32H34Cl2F5N3O5/c1-3-47-31(44)27-24(18-46-15-14-41-10-12-42(13-11-41)17-19-4-6-20(33)7-5-19)40-23(16-35)26(30(43)45-2)28(27)25-22(36)9-8-21(34)29(25)32(37,38)39/h4-9,28,40H,3,10-18H2,1-2H3. The maximum absolute atomic E-state index is 15.5. The van der Waals surface area contributed by atoms with Crippen LogP contribution in [0.25, 0.3) is 0 Å². The number of rotatable bonds is 12. The van der Waals surface area contributed by atoms with Crippen molar-refractivity contribution in [2.45, 2.75) is 25.6 Å². The number of carbonyl (C=O) groups is 2. The molecule has 0 bridgehead atoms. The largest absolute Gasteiger partial charge is 0.466 e. The van der Waals surface area contributed by atoms with E-state index < -0.39 is 76.1 Å². The van der Waals surface area contributed by atoms with Gasteiger partial charge in [-0.2, -0.15) is 13.2 Å². The average Bonchev–Trinajstić information content (AvgIpc) is 3.04. The molecule has 1 unspecified atom stereocenters. The van der Waals surface area contributed by atoms with E-state index >= 15 is 4.39 Å². The van der Waals surface area contributed by atoms with E-state index in [0.717, 1.165) is 45.4 Å². The van der Waals surface area contributed by atoms with E-state index in [1.54, 1.807) is 0 Å². The number of hydrogen-bond donors (Lipinski definition) is 1. The van der Waals surface area contributed by atoms with Gasteiger partial charge in [-0.1, -0.05) is 35.3 Å². The molecular weight excluding hydrogens is 672 g/mol. The van der Waals surface area contributed by atoms with Gasteiger partial charge in [0.05, 0.1) is 66.0 Å². The first-order valence-electron chi connectivity index (χ1n) is 14.8. The van der Waals surface area contributed by atoms with Crippen molar-refractivity contribution in [1.82, 2.24) is 15.1 Å². The molecule has 1 saturated heterocycles. The fraction of sp³-hybridized carbons (Fsp3) is 0.438. The molecule has 2 aromatic rings. The lowest BCUT2D eigenvalue weighted by molar-refractivity contribution is -0.141. The number of hydrogen-bond acceptors (Lipinski definition) is 8. The van der Waals surface area contributed by atoms with Crippen LogP contribution in [0.5, 0.6) is 0 Å². The minimum Gasteiger partial charge on any atom is -0.466 e. The Labute approximate surface area is 279 Å². The van der Waals surface area contributed by atoms with E-state index in [9.17, 15) is 27.2 Å². The van der Waals surface area contributed by atoms with Crippen LogP contribution in [0.1, 0.15) is 29.5 Å². The van der Waals surface area contributed by atoms with Crippen LogP contribution in [0.2, 0.25) is 10.0 Å². The molecule has 8 nitrogen and oxygen atoms in total. The van der Waals surface area contributed by atoms with Crippen molar-refractivity contribution >= 4 is 35.1 Å². The zero-order valence-corrected chi connectivity index (χ0v) is 27.2. The minimum atomic E-state index is -5.22. The van der Waals surface area contributed by atoms with E-state index in [1.807, 2.05) is 24.3 Å². The Morgan fingerprint density at radius 3 is 2.19 bits per heavy atom. The first-order chi connectivity index (χ1) is 22.4. The quantitative estimate of drug-likeness (QED) is 0.167. The van der Waals surface area contributed by atoms with Gasteiger partial charge in [0.25, 0.3) is 0 Å². The molecule has 15 heteroatoms. The van der Waals surface area contributed by atoms with Crippen molar-refractivity contribution in [2.24, 2.45) is 0 Å². The summed E-state index contributed by atoms with van der Waals surface area (Å²) in [6, 6.07) is 9.03. The van der Waals surface area contributed by atoms with Crippen molar-refractivity contribution in [1.29, 1.82) is 0 Å². The number of methoxy groups -OCH3 is 1. The number of ether oxygens (including phenoxy) is 3. The van der Waals surface area contributed by atoms with Crippen LogP contribution in [0.4, 0.5) is 22.0 Å². The highest BCUT2D eigenvalue weighted by atomic mass is 35.5. The van der Waals surface area contributed by atoms with Gasteiger partial charge in [-0.3, -0.25) is 9.80 Å². The van der Waals surface area contributed by atoms with Crippen LogP contribution in [-0.4, -0.2) is 88.1 Å². The summed E-state index contributed by atoms with van der Waals surface area (Å²) in [6.07, 6.45) is -5.22. The lowest BCUT2D eigenvalue weighted by Crippen LogP contribution is -2.46. The molecule has 0 aliphatic carbocycles. The number of nitrogens with one attached hydrogen (secondary N) is 1. The molecule has 2 aliphatic heterocycles. The maximum Gasteiger partial charge on any atom is 0.418 e. The zero-order valence-electron chi connectivity index (χ0n) is 25.7. The molecule has 1 atom stereocenters. The first-order valence-corrected chi connectivity index (χ1v) is 15.5. The first kappa shape index (κ1) is 36.6. The molecule has 0 aromatic heterocycles. The Balaban J connectivity index is 1.58. The van der Waals surface area contributed by atoms with E-state index in [1.165, 1.54) is 6.92 Å². The van der Waals surface area contributed by atoms with E-state index in [4.69, 9.17) is 37.4 Å². The zero-order chi connectivity index (χ0) is 34.3. The highest BCUT2D eigenvalue weighted by molar-refractivity contribution is 6.31. The van der Waals surface area contributed by atoms with Crippen LogP contribution in [0, 0.1) is 5.82 Å². The summed E-state index contributed by atoms with van der Waals surface area (Å²) in [6.45, 7) is 3.97. The fourth-order valence-electron chi connectivity index (χ4n) is 5.64. The predicted octanol–water partition coefficient (Wildman–Crippen LogP) is 5.89. The summed E-state index contributed by atoms with van der Waals surface area (Å²) in [7, 11) is 0.922. The van der Waals surface area contributed by atoms with Gasteiger partial charge in [0, 0.05) is 49.9 Å². The molecule has 4 rings (SSSR count). The minimum absolute atomic E-state index is 0.140. The summed E-state index contributed by atoms with van der Waals surface area (Å²) in [5.74, 6) is -5.95. The van der Waals surface area contributed by atoms with Crippen LogP contribution in [-0.2, 0) is 36.5 Å². The van der Waals surface area contributed by atoms with E-state index in [0.29, 0.717) is 23.7 Å². The van der Waals surface area contributed by atoms with Crippen molar-refractivity contribution in [3.63, 3.8) is 0 Å². The summed E-state index contributed by atoms with van der Waals surface area (Å²) < 4.78 is 88.6. The van der Waals surface area contributed by atoms with Crippen LogP contribution in [0.3, 0.4) is 0 Å². The smallest absolute Gasteiger partial charge is 0.418 e. The number of halogens is 7. The Hall–Kier alpha value is -3.23. The molecule has 0 radical (unpaired) electrons. The Kier molecular flexibility index (Phi) is 12.7. The van der Waals surface area contributed by atoms with Crippen molar-refractivity contribution in [3.8, 4) is 0 Å². The van der Waals surface area contributed by atoms with Gasteiger partial charge in [-0.05, 0) is 36.8 Å². The van der Waals surface area contributed by atoms with Crippen molar-refractivity contribution < 1.29 is 45.8 Å². The van der Waals surface area contributed by atoms with Gasteiger partial charge in [0.1, 0.15) is 12.5 Å². The van der Waals surface area contributed by atoms with Gasteiger partial charge in [-0.25, -0.2) is 18.4 Å². The lowest BCUT2D eigenvalue weighted by Gasteiger charge is -2.35. The van der Waals surface area contributed by atoms with E-state index in [2.05, 4.69) is 15.1 Å². The Bertz CT molecular complexity index is 1510. The molecule has 0 amide bonds. The number of esters is 2. The molecule has 2 heterocycles. The summed E-state index contributed by atoms with van der Waals surface area (Å²) >= 11 is 11.9. The highest BCUT2D eigenvalue weighted by Crippen LogP contribution is 2.48. The molecule has 2 aromatic carbocycles. The van der Waals surface area contributed by atoms with Gasteiger partial charge in [0.15, 0.2) is 0 Å². The summed E-state index contributed by atoms with van der Waals surface area (Å²) in [4.78, 5) is 30.8. The maximum atomic E-state index is 15.5. The second-order valence-corrected chi connectivity index (χ2v) is 11.6. The molecule has 47 heavy (non-hydrogen) atoms. The predicted molar refractivity (Wildman–Crippen MR) is 165 cm³/mol. The third-order valence-electron chi connectivity index (χ3n) is 7.86. The monoisotopic (exact) mass is 705 g/mol. The normalized spacial score (nSPS) is 17.9. The van der Waals surface area contributed by atoms with Crippen LogP contribution < -0.4 is 5.32 Å². The van der Waals surface area contributed by atoms with Gasteiger partial charge in [-0.15, -0.1) is 0 Å². The number of dihydropyridines is 1. The number of nitrogens with zero attached hydrogens (tertiary/aromatic N) is 2. The fourth-order valence-corrected chi connectivity index (χ4v) is 6.04. The summed E-state index contributed by atoms with van der Waals surface area (Å²) in [5, 5.41) is 2.40. The van der Waals surface area contributed by atoms with Gasteiger partial charge in [0.2, 0.25) is 0 Å². The molecule has 2 aliphatic rings. The van der Waals surface area contributed by atoms with E-state index in [-0.39, 0.29) is 18.9 Å². The van der Waals surface area contributed by atoms with Crippen LogP contribution in [0.15, 0.2) is 58.9 Å². The third-order valence-corrected chi connectivity index (χ3v) is 8.43. The Morgan fingerprint density at radius 1 is 0.957 bits per heavy atom. The topological polar surface area (TPSA) is 80.3 Å².